The first-order chi connectivity index (χ1) is 13.8. The highest BCUT2D eigenvalue weighted by Crippen LogP contribution is 2.30. The van der Waals surface area contributed by atoms with Crippen LogP contribution in [0.4, 0.5) is 11.4 Å². The molecular formula is C19H22N4O5S. The van der Waals surface area contributed by atoms with E-state index >= 15 is 0 Å². The average molecular weight is 418 g/mol. The van der Waals surface area contributed by atoms with E-state index in [2.05, 4.69) is 21.4 Å². The number of fused-ring (bicyclic) bond motifs is 1. The SMILES string of the molecule is CNS(=O)(=O)c1ccc(NCC(=O)N[C@@H]2CCCc3ccccc32)c([N+](=O)[O-])c1. The highest BCUT2D eigenvalue weighted by atomic mass is 32.2. The molecule has 0 fully saturated rings. The monoisotopic (exact) mass is 418 g/mol. The maximum Gasteiger partial charge on any atom is 0.293 e. The molecule has 1 atom stereocenters. The lowest BCUT2D eigenvalue weighted by Crippen LogP contribution is -2.35. The van der Waals surface area contributed by atoms with Gasteiger partial charge in [0.05, 0.1) is 22.4 Å². The number of amides is 1. The summed E-state index contributed by atoms with van der Waals surface area (Å²) in [6.45, 7) is -0.169. The molecule has 1 amide bonds. The Kier molecular flexibility index (Phi) is 6.14. The number of carbonyl (C=O) groups excluding carboxylic acids is 1. The van der Waals surface area contributed by atoms with Crippen LogP contribution < -0.4 is 15.4 Å². The zero-order chi connectivity index (χ0) is 21.0. The Morgan fingerprint density at radius 3 is 2.72 bits per heavy atom. The third kappa shape index (κ3) is 4.72. The lowest BCUT2D eigenvalue weighted by Gasteiger charge is -2.26. The van der Waals surface area contributed by atoms with E-state index in [9.17, 15) is 23.3 Å². The Morgan fingerprint density at radius 1 is 1.24 bits per heavy atom. The van der Waals surface area contributed by atoms with Crippen molar-refractivity contribution in [2.45, 2.75) is 30.2 Å². The van der Waals surface area contributed by atoms with E-state index in [1.54, 1.807) is 0 Å². The first kappa shape index (κ1) is 20.7. The Balaban J connectivity index is 1.70. The van der Waals surface area contributed by atoms with E-state index in [0.29, 0.717) is 0 Å². The predicted octanol–water partition coefficient (Wildman–Crippen LogP) is 2.11. The standard InChI is InChI=1S/C19H22N4O5S/c1-20-29(27,28)14-9-10-17(18(11-14)23(25)26)21-12-19(24)22-16-8-4-6-13-5-2-3-7-15(13)16/h2-3,5,7,9-11,16,20-21H,4,6,8,12H2,1H3,(H,22,24)/t16-/m1/s1. The zero-order valence-electron chi connectivity index (χ0n) is 15.8. The molecule has 1 aliphatic rings. The molecule has 10 heteroatoms. The maximum absolute atomic E-state index is 12.4. The molecule has 0 aromatic heterocycles. The smallest absolute Gasteiger partial charge is 0.293 e. The molecule has 3 N–H and O–H groups in total. The van der Waals surface area contributed by atoms with E-state index in [4.69, 9.17) is 0 Å². The van der Waals surface area contributed by atoms with Gasteiger partial charge in [-0.25, -0.2) is 13.1 Å². The van der Waals surface area contributed by atoms with Crippen LogP contribution in [0.25, 0.3) is 0 Å². The van der Waals surface area contributed by atoms with Crippen molar-refractivity contribution < 1.29 is 18.1 Å². The molecular weight excluding hydrogens is 396 g/mol. The zero-order valence-corrected chi connectivity index (χ0v) is 16.7. The van der Waals surface area contributed by atoms with Gasteiger partial charge in [-0.15, -0.1) is 0 Å². The van der Waals surface area contributed by atoms with Crippen molar-refractivity contribution in [2.75, 3.05) is 18.9 Å². The van der Waals surface area contributed by atoms with Crippen LogP contribution in [0.1, 0.15) is 30.0 Å². The molecule has 0 unspecified atom stereocenters. The summed E-state index contributed by atoms with van der Waals surface area (Å²) in [4.78, 5) is 22.8. The molecule has 0 heterocycles. The molecule has 3 rings (SSSR count). The molecule has 0 radical (unpaired) electrons. The number of hydrogen-bond acceptors (Lipinski definition) is 6. The molecule has 0 bridgehead atoms. The van der Waals surface area contributed by atoms with Crippen molar-refractivity contribution in [1.29, 1.82) is 0 Å². The highest BCUT2D eigenvalue weighted by molar-refractivity contribution is 7.89. The third-order valence-corrected chi connectivity index (χ3v) is 6.30. The van der Waals surface area contributed by atoms with Crippen LogP contribution in [0.3, 0.4) is 0 Å². The first-order valence-electron chi connectivity index (χ1n) is 9.15. The number of nitro groups is 1. The number of hydrogen-bond donors (Lipinski definition) is 3. The van der Waals surface area contributed by atoms with Crippen molar-refractivity contribution in [3.05, 3.63) is 63.7 Å². The fourth-order valence-electron chi connectivity index (χ4n) is 3.42. The maximum atomic E-state index is 12.4. The quantitative estimate of drug-likeness (QED) is 0.466. The fraction of sp³-hybridized carbons (Fsp3) is 0.316. The van der Waals surface area contributed by atoms with Crippen LogP contribution in [0.15, 0.2) is 47.4 Å². The van der Waals surface area contributed by atoms with Gasteiger partial charge in [0.2, 0.25) is 15.9 Å². The second-order valence-electron chi connectivity index (χ2n) is 6.71. The van der Waals surface area contributed by atoms with Gasteiger partial charge in [-0.05, 0) is 49.6 Å². The number of nitrogens with zero attached hydrogens (tertiary/aromatic N) is 1. The number of aryl methyl sites for hydroxylation is 1. The van der Waals surface area contributed by atoms with E-state index in [1.807, 2.05) is 18.2 Å². The summed E-state index contributed by atoms with van der Waals surface area (Å²) in [5, 5.41) is 17.0. The number of nitro benzene ring substituents is 1. The lowest BCUT2D eigenvalue weighted by atomic mass is 9.88. The van der Waals surface area contributed by atoms with Crippen LogP contribution in [0.2, 0.25) is 0 Å². The van der Waals surface area contributed by atoms with Crippen molar-refractivity contribution in [3.63, 3.8) is 0 Å². The summed E-state index contributed by atoms with van der Waals surface area (Å²) in [7, 11) is -2.59. The minimum absolute atomic E-state index is 0.0734. The van der Waals surface area contributed by atoms with Gasteiger partial charge in [0.25, 0.3) is 5.69 Å². The fourth-order valence-corrected chi connectivity index (χ4v) is 4.17. The second-order valence-corrected chi connectivity index (χ2v) is 8.59. The first-order valence-corrected chi connectivity index (χ1v) is 10.6. The van der Waals surface area contributed by atoms with Crippen LogP contribution >= 0.6 is 0 Å². The molecule has 0 saturated carbocycles. The van der Waals surface area contributed by atoms with E-state index in [0.717, 1.165) is 30.9 Å². The van der Waals surface area contributed by atoms with Crippen LogP contribution in [0, 0.1) is 10.1 Å². The third-order valence-electron chi connectivity index (χ3n) is 4.89. The van der Waals surface area contributed by atoms with E-state index in [1.165, 1.54) is 24.7 Å². The summed E-state index contributed by atoms with van der Waals surface area (Å²) >= 11 is 0. The summed E-state index contributed by atoms with van der Waals surface area (Å²) in [5.74, 6) is -0.298. The Labute approximate surface area is 168 Å². The molecule has 1 aliphatic carbocycles. The van der Waals surface area contributed by atoms with Gasteiger partial charge in [-0.1, -0.05) is 24.3 Å². The number of benzene rings is 2. The number of sulfonamides is 1. The van der Waals surface area contributed by atoms with Crippen molar-refractivity contribution in [2.24, 2.45) is 0 Å². The van der Waals surface area contributed by atoms with Crippen LogP contribution in [-0.4, -0.2) is 32.8 Å². The van der Waals surface area contributed by atoms with Crippen LogP contribution in [-0.2, 0) is 21.2 Å². The van der Waals surface area contributed by atoms with Gasteiger partial charge in [0.1, 0.15) is 5.69 Å². The molecule has 9 nitrogen and oxygen atoms in total. The number of carbonyl (C=O) groups is 1. The van der Waals surface area contributed by atoms with Crippen molar-refractivity contribution >= 4 is 27.3 Å². The normalized spacial score (nSPS) is 16.0. The highest BCUT2D eigenvalue weighted by Gasteiger charge is 2.23. The second kappa shape index (κ2) is 8.58. The van der Waals surface area contributed by atoms with Gasteiger partial charge in [-0.3, -0.25) is 14.9 Å². The van der Waals surface area contributed by atoms with Gasteiger partial charge < -0.3 is 10.6 Å². The lowest BCUT2D eigenvalue weighted by molar-refractivity contribution is -0.384. The van der Waals surface area contributed by atoms with E-state index < -0.39 is 20.6 Å². The summed E-state index contributed by atoms with van der Waals surface area (Å²) < 4.78 is 25.8. The van der Waals surface area contributed by atoms with Crippen molar-refractivity contribution in [1.82, 2.24) is 10.0 Å². The number of nitrogens with one attached hydrogen (secondary N) is 3. The number of rotatable bonds is 7. The van der Waals surface area contributed by atoms with Crippen LogP contribution in [0.5, 0.6) is 0 Å². The summed E-state index contributed by atoms with van der Waals surface area (Å²) in [6, 6.07) is 11.4. The minimum atomic E-state index is -3.81. The van der Waals surface area contributed by atoms with Gasteiger partial charge in [0, 0.05) is 6.07 Å². The molecule has 0 saturated heterocycles. The van der Waals surface area contributed by atoms with E-state index in [-0.39, 0.29) is 29.1 Å². The summed E-state index contributed by atoms with van der Waals surface area (Å²) in [6.07, 6.45) is 2.79. The molecule has 2 aromatic carbocycles. The molecule has 2 aromatic rings. The molecule has 154 valence electrons. The van der Waals surface area contributed by atoms with Gasteiger partial charge in [-0.2, -0.15) is 0 Å². The largest absolute Gasteiger partial charge is 0.371 e. The molecule has 0 aliphatic heterocycles. The average Bonchev–Trinajstić information content (AvgIpc) is 2.72. The van der Waals surface area contributed by atoms with Gasteiger partial charge in [0.15, 0.2) is 0 Å². The summed E-state index contributed by atoms with van der Waals surface area (Å²) in [5.41, 5.74) is 1.97. The molecule has 29 heavy (non-hydrogen) atoms. The Hall–Kier alpha value is -2.98. The van der Waals surface area contributed by atoms with Gasteiger partial charge >= 0.3 is 0 Å². The predicted molar refractivity (Wildman–Crippen MR) is 108 cm³/mol. The minimum Gasteiger partial charge on any atom is -0.371 e. The molecule has 0 spiro atoms. The topological polar surface area (TPSA) is 130 Å². The number of anilines is 1. The Morgan fingerprint density at radius 2 is 2.00 bits per heavy atom. The Bertz CT molecular complexity index is 1040. The van der Waals surface area contributed by atoms with Crippen molar-refractivity contribution in [3.8, 4) is 0 Å².